The quantitative estimate of drug-likeness (QED) is 0.847. The average molecular weight is 259 g/mol. The summed E-state index contributed by atoms with van der Waals surface area (Å²) in [6, 6.07) is 7.93. The number of amides is 1. The molecule has 1 amide bonds. The zero-order valence-electron chi connectivity index (χ0n) is 10.3. The molecular formula is C13H13N3O3. The van der Waals surface area contributed by atoms with E-state index in [1.54, 1.807) is 24.4 Å². The summed E-state index contributed by atoms with van der Waals surface area (Å²) < 4.78 is 4.99. The van der Waals surface area contributed by atoms with Gasteiger partial charge in [0.15, 0.2) is 0 Å². The van der Waals surface area contributed by atoms with Gasteiger partial charge in [-0.3, -0.25) is 9.59 Å². The fourth-order valence-corrected chi connectivity index (χ4v) is 1.53. The number of carbonyl (C=O) groups excluding carboxylic acids is 1. The molecule has 0 unspecified atom stereocenters. The molecule has 2 heterocycles. The number of pyridine rings is 2. The van der Waals surface area contributed by atoms with Gasteiger partial charge in [0, 0.05) is 24.9 Å². The lowest BCUT2D eigenvalue weighted by atomic mass is 10.2. The normalized spacial score (nSPS) is 9.95. The lowest BCUT2D eigenvalue weighted by Crippen LogP contribution is -2.25. The molecule has 2 aromatic heterocycles. The highest BCUT2D eigenvalue weighted by atomic mass is 16.5. The smallest absolute Gasteiger partial charge is 0.268 e. The van der Waals surface area contributed by atoms with Crippen molar-refractivity contribution in [1.82, 2.24) is 15.3 Å². The van der Waals surface area contributed by atoms with Crippen LogP contribution in [0.1, 0.15) is 16.1 Å². The van der Waals surface area contributed by atoms with Crippen LogP contribution in [-0.2, 0) is 6.54 Å². The zero-order chi connectivity index (χ0) is 13.7. The van der Waals surface area contributed by atoms with Crippen molar-refractivity contribution in [3.05, 3.63) is 58.1 Å². The second-order valence-corrected chi connectivity index (χ2v) is 3.82. The van der Waals surface area contributed by atoms with Gasteiger partial charge in [-0.15, -0.1) is 0 Å². The van der Waals surface area contributed by atoms with Crippen molar-refractivity contribution in [2.24, 2.45) is 0 Å². The van der Waals surface area contributed by atoms with E-state index in [9.17, 15) is 9.59 Å². The van der Waals surface area contributed by atoms with Gasteiger partial charge in [0.2, 0.25) is 11.4 Å². The van der Waals surface area contributed by atoms with Gasteiger partial charge in [-0.1, -0.05) is 6.07 Å². The van der Waals surface area contributed by atoms with Crippen molar-refractivity contribution in [3.8, 4) is 5.88 Å². The Morgan fingerprint density at radius 3 is 3.00 bits per heavy atom. The molecule has 98 valence electrons. The number of rotatable bonds is 4. The zero-order valence-corrected chi connectivity index (χ0v) is 10.3. The van der Waals surface area contributed by atoms with Gasteiger partial charge in [0.25, 0.3) is 5.91 Å². The molecule has 0 atom stereocenters. The molecule has 2 rings (SSSR count). The summed E-state index contributed by atoms with van der Waals surface area (Å²) >= 11 is 0. The number of ether oxygens (including phenoxy) is 1. The van der Waals surface area contributed by atoms with Crippen LogP contribution in [0.3, 0.4) is 0 Å². The van der Waals surface area contributed by atoms with Crippen LogP contribution in [0.15, 0.2) is 41.3 Å². The molecule has 6 heteroatoms. The highest BCUT2D eigenvalue weighted by molar-refractivity contribution is 5.92. The Morgan fingerprint density at radius 1 is 1.42 bits per heavy atom. The number of aromatic nitrogens is 2. The lowest BCUT2D eigenvalue weighted by molar-refractivity contribution is 0.0945. The number of hydrogen-bond acceptors (Lipinski definition) is 4. The van der Waals surface area contributed by atoms with Gasteiger partial charge in [0.05, 0.1) is 7.11 Å². The predicted molar refractivity (Wildman–Crippen MR) is 69.0 cm³/mol. The Labute approximate surface area is 109 Å². The summed E-state index contributed by atoms with van der Waals surface area (Å²) in [6.45, 7) is 0.328. The van der Waals surface area contributed by atoms with Crippen molar-refractivity contribution in [3.63, 3.8) is 0 Å². The second kappa shape index (κ2) is 5.81. The van der Waals surface area contributed by atoms with Gasteiger partial charge in [0.1, 0.15) is 5.69 Å². The first-order valence-corrected chi connectivity index (χ1v) is 5.65. The predicted octanol–water partition coefficient (Wildman–Crippen LogP) is 0.709. The van der Waals surface area contributed by atoms with Gasteiger partial charge in [-0.05, 0) is 17.7 Å². The number of methoxy groups -OCH3 is 1. The fraction of sp³-hybridized carbons (Fsp3) is 0.154. The minimum absolute atomic E-state index is 0.230. The molecular weight excluding hydrogens is 246 g/mol. The maximum Gasteiger partial charge on any atom is 0.268 e. The summed E-state index contributed by atoms with van der Waals surface area (Å²) in [5, 5.41) is 2.70. The van der Waals surface area contributed by atoms with Gasteiger partial charge >= 0.3 is 0 Å². The second-order valence-electron chi connectivity index (χ2n) is 3.82. The average Bonchev–Trinajstić information content (AvgIpc) is 2.45. The highest BCUT2D eigenvalue weighted by Crippen LogP contribution is 2.08. The third kappa shape index (κ3) is 3.41. The SMILES string of the molecule is COc1cc(CNC(=O)c2cccc(=O)[nH]2)ccn1. The number of hydrogen-bond donors (Lipinski definition) is 2. The van der Waals surface area contributed by atoms with Crippen LogP contribution in [0.5, 0.6) is 5.88 Å². The third-order valence-corrected chi connectivity index (χ3v) is 2.47. The summed E-state index contributed by atoms with van der Waals surface area (Å²) in [4.78, 5) is 29.3. The summed E-state index contributed by atoms with van der Waals surface area (Å²) in [5.41, 5.74) is 0.783. The molecule has 0 spiro atoms. The van der Waals surface area contributed by atoms with E-state index in [-0.39, 0.29) is 17.2 Å². The topological polar surface area (TPSA) is 84.1 Å². The Bertz CT molecular complexity index is 637. The van der Waals surface area contributed by atoms with Gasteiger partial charge in [-0.2, -0.15) is 0 Å². The van der Waals surface area contributed by atoms with Crippen LogP contribution in [0.25, 0.3) is 0 Å². The van der Waals surface area contributed by atoms with E-state index in [4.69, 9.17) is 4.74 Å². The number of nitrogens with zero attached hydrogens (tertiary/aromatic N) is 1. The molecule has 0 saturated carbocycles. The molecule has 19 heavy (non-hydrogen) atoms. The number of H-pyrrole nitrogens is 1. The molecule has 2 N–H and O–H groups in total. The molecule has 0 fully saturated rings. The van der Waals surface area contributed by atoms with Crippen LogP contribution >= 0.6 is 0 Å². The third-order valence-electron chi connectivity index (χ3n) is 2.47. The van der Waals surface area contributed by atoms with Crippen molar-refractivity contribution < 1.29 is 9.53 Å². The van der Waals surface area contributed by atoms with Crippen LogP contribution in [0.2, 0.25) is 0 Å². The van der Waals surface area contributed by atoms with Gasteiger partial charge < -0.3 is 15.0 Å². The van der Waals surface area contributed by atoms with E-state index in [0.29, 0.717) is 12.4 Å². The molecule has 0 radical (unpaired) electrons. The highest BCUT2D eigenvalue weighted by Gasteiger charge is 2.06. The van der Waals surface area contributed by atoms with Gasteiger partial charge in [-0.25, -0.2) is 4.98 Å². The van der Waals surface area contributed by atoms with Crippen molar-refractivity contribution >= 4 is 5.91 Å². The summed E-state index contributed by atoms with van der Waals surface area (Å²) in [6.07, 6.45) is 1.60. The molecule has 0 aromatic carbocycles. The van der Waals surface area contributed by atoms with E-state index in [1.165, 1.54) is 19.2 Å². The van der Waals surface area contributed by atoms with E-state index in [2.05, 4.69) is 15.3 Å². The molecule has 0 bridgehead atoms. The first-order valence-electron chi connectivity index (χ1n) is 5.65. The van der Waals surface area contributed by atoms with E-state index in [0.717, 1.165) is 5.56 Å². The van der Waals surface area contributed by atoms with Crippen LogP contribution in [0, 0.1) is 0 Å². The Balaban J connectivity index is 2.02. The maximum absolute atomic E-state index is 11.8. The van der Waals surface area contributed by atoms with Crippen LogP contribution < -0.4 is 15.6 Å². The first-order chi connectivity index (χ1) is 9.19. The number of nitrogens with one attached hydrogen (secondary N) is 2. The Hall–Kier alpha value is -2.63. The minimum Gasteiger partial charge on any atom is -0.481 e. The van der Waals surface area contributed by atoms with Crippen LogP contribution in [-0.4, -0.2) is 23.0 Å². The van der Waals surface area contributed by atoms with Crippen molar-refractivity contribution in [1.29, 1.82) is 0 Å². The molecule has 0 saturated heterocycles. The minimum atomic E-state index is -0.339. The molecule has 0 aliphatic rings. The van der Waals surface area contributed by atoms with Crippen molar-refractivity contribution in [2.75, 3.05) is 7.11 Å². The lowest BCUT2D eigenvalue weighted by Gasteiger charge is -2.06. The van der Waals surface area contributed by atoms with E-state index < -0.39 is 0 Å². The molecule has 6 nitrogen and oxygen atoms in total. The molecule has 0 aliphatic carbocycles. The summed E-state index contributed by atoms with van der Waals surface area (Å²) in [7, 11) is 1.53. The largest absolute Gasteiger partial charge is 0.481 e. The Morgan fingerprint density at radius 2 is 2.26 bits per heavy atom. The van der Waals surface area contributed by atoms with Crippen LogP contribution in [0.4, 0.5) is 0 Å². The Kier molecular flexibility index (Phi) is 3.92. The standard InChI is InChI=1S/C13H13N3O3/c1-19-12-7-9(5-6-14-12)8-15-13(18)10-3-2-4-11(17)16-10/h2-7H,8H2,1H3,(H,15,18)(H,16,17). The summed E-state index contributed by atoms with van der Waals surface area (Å²) in [5.74, 6) is 0.147. The van der Waals surface area contributed by atoms with Crippen molar-refractivity contribution in [2.45, 2.75) is 6.54 Å². The first kappa shape index (κ1) is 12.8. The molecule has 2 aromatic rings. The molecule has 0 aliphatic heterocycles. The van der Waals surface area contributed by atoms with E-state index >= 15 is 0 Å². The van der Waals surface area contributed by atoms with E-state index in [1.807, 2.05) is 0 Å². The number of aromatic amines is 1. The fourth-order valence-electron chi connectivity index (χ4n) is 1.53. The maximum atomic E-state index is 11.8. The monoisotopic (exact) mass is 259 g/mol. The number of carbonyl (C=O) groups is 1.